The van der Waals surface area contributed by atoms with Crippen molar-refractivity contribution in [3.8, 4) is 0 Å². The average molecular weight is 308 g/mol. The van der Waals surface area contributed by atoms with Gasteiger partial charge in [0.2, 0.25) is 0 Å². The van der Waals surface area contributed by atoms with E-state index >= 15 is 0 Å². The lowest BCUT2D eigenvalue weighted by Crippen LogP contribution is -2.21. The van der Waals surface area contributed by atoms with E-state index in [0.717, 1.165) is 41.7 Å². The summed E-state index contributed by atoms with van der Waals surface area (Å²) < 4.78 is 7.23. The van der Waals surface area contributed by atoms with Gasteiger partial charge in [0.05, 0.1) is 18.8 Å². The fourth-order valence-electron chi connectivity index (χ4n) is 2.21. The highest BCUT2D eigenvalue weighted by Crippen LogP contribution is 2.20. The SMILES string of the molecule is COCCNCc1cnc(C)n1Cc1ccc(C)cc1Cl. The third kappa shape index (κ3) is 4.30. The third-order valence-electron chi connectivity index (χ3n) is 3.46. The van der Waals surface area contributed by atoms with Crippen LogP contribution in [0.15, 0.2) is 24.4 Å². The van der Waals surface area contributed by atoms with E-state index in [1.807, 2.05) is 26.1 Å². The number of halogens is 1. The molecule has 0 bridgehead atoms. The highest BCUT2D eigenvalue weighted by atomic mass is 35.5. The predicted molar refractivity (Wildman–Crippen MR) is 85.8 cm³/mol. The second-order valence-corrected chi connectivity index (χ2v) is 5.55. The minimum Gasteiger partial charge on any atom is -0.383 e. The number of rotatable bonds is 7. The largest absolute Gasteiger partial charge is 0.383 e. The topological polar surface area (TPSA) is 39.1 Å². The first-order chi connectivity index (χ1) is 10.1. The summed E-state index contributed by atoms with van der Waals surface area (Å²) in [7, 11) is 1.70. The Bertz CT molecular complexity index is 595. The molecule has 1 N–H and O–H groups in total. The van der Waals surface area contributed by atoms with Crippen molar-refractivity contribution in [2.24, 2.45) is 0 Å². The molecule has 0 aliphatic heterocycles. The maximum Gasteiger partial charge on any atom is 0.106 e. The van der Waals surface area contributed by atoms with Crippen LogP contribution in [0.1, 0.15) is 22.6 Å². The second-order valence-electron chi connectivity index (χ2n) is 5.15. The number of hydrogen-bond acceptors (Lipinski definition) is 3. The van der Waals surface area contributed by atoms with Crippen LogP contribution in [-0.2, 0) is 17.8 Å². The van der Waals surface area contributed by atoms with Gasteiger partial charge in [-0.3, -0.25) is 0 Å². The number of nitrogens with zero attached hydrogens (tertiary/aromatic N) is 2. The number of nitrogens with one attached hydrogen (secondary N) is 1. The standard InChI is InChI=1S/C16H22ClN3O/c1-12-4-5-14(16(17)8-12)11-20-13(2)19-10-15(20)9-18-6-7-21-3/h4-5,8,10,18H,6-7,9,11H2,1-3H3. The molecule has 1 heterocycles. The molecule has 0 amide bonds. The van der Waals surface area contributed by atoms with Gasteiger partial charge in [-0.25, -0.2) is 4.98 Å². The predicted octanol–water partition coefficient (Wildman–Crippen LogP) is 2.94. The Hall–Kier alpha value is -1.36. The van der Waals surface area contributed by atoms with Crippen molar-refractivity contribution in [3.05, 3.63) is 52.1 Å². The van der Waals surface area contributed by atoms with Gasteiger partial charge in [0.25, 0.3) is 0 Å². The summed E-state index contributed by atoms with van der Waals surface area (Å²) >= 11 is 6.33. The van der Waals surface area contributed by atoms with Gasteiger partial charge < -0.3 is 14.6 Å². The molecule has 0 radical (unpaired) electrons. The molecule has 2 rings (SSSR count). The van der Waals surface area contributed by atoms with Crippen LogP contribution in [0, 0.1) is 13.8 Å². The molecule has 0 saturated heterocycles. The van der Waals surface area contributed by atoms with E-state index < -0.39 is 0 Å². The summed E-state index contributed by atoms with van der Waals surface area (Å²) in [6, 6.07) is 6.17. The van der Waals surface area contributed by atoms with Crippen LogP contribution < -0.4 is 5.32 Å². The van der Waals surface area contributed by atoms with Crippen molar-refractivity contribution in [2.75, 3.05) is 20.3 Å². The van der Waals surface area contributed by atoms with Crippen molar-refractivity contribution in [1.29, 1.82) is 0 Å². The highest BCUT2D eigenvalue weighted by molar-refractivity contribution is 6.31. The highest BCUT2D eigenvalue weighted by Gasteiger charge is 2.09. The lowest BCUT2D eigenvalue weighted by atomic mass is 10.1. The van der Waals surface area contributed by atoms with Crippen LogP contribution in [0.25, 0.3) is 0 Å². The smallest absolute Gasteiger partial charge is 0.106 e. The molecule has 5 heteroatoms. The molecule has 114 valence electrons. The van der Waals surface area contributed by atoms with Gasteiger partial charge >= 0.3 is 0 Å². The van der Waals surface area contributed by atoms with Gasteiger partial charge in [0.15, 0.2) is 0 Å². The minimum atomic E-state index is 0.705. The zero-order valence-corrected chi connectivity index (χ0v) is 13.6. The van der Waals surface area contributed by atoms with E-state index in [1.54, 1.807) is 7.11 Å². The lowest BCUT2D eigenvalue weighted by Gasteiger charge is -2.13. The number of hydrogen-bond donors (Lipinski definition) is 1. The molecule has 1 aromatic carbocycles. The second kappa shape index (κ2) is 7.59. The Morgan fingerprint density at radius 1 is 1.33 bits per heavy atom. The Morgan fingerprint density at radius 2 is 2.14 bits per heavy atom. The lowest BCUT2D eigenvalue weighted by molar-refractivity contribution is 0.199. The first kappa shape index (κ1) is 16.0. The number of methoxy groups -OCH3 is 1. The van der Waals surface area contributed by atoms with Gasteiger partial charge in [0, 0.05) is 31.4 Å². The zero-order valence-electron chi connectivity index (χ0n) is 12.8. The van der Waals surface area contributed by atoms with Crippen LogP contribution in [-0.4, -0.2) is 29.8 Å². The number of imidazole rings is 1. The number of aromatic nitrogens is 2. The first-order valence-corrected chi connectivity index (χ1v) is 7.45. The van der Waals surface area contributed by atoms with Crippen molar-refractivity contribution in [2.45, 2.75) is 26.9 Å². The maximum absolute atomic E-state index is 6.33. The fraction of sp³-hybridized carbons (Fsp3) is 0.438. The monoisotopic (exact) mass is 307 g/mol. The van der Waals surface area contributed by atoms with E-state index in [-0.39, 0.29) is 0 Å². The maximum atomic E-state index is 6.33. The molecular weight excluding hydrogens is 286 g/mol. The van der Waals surface area contributed by atoms with Crippen molar-refractivity contribution >= 4 is 11.6 Å². The quantitative estimate of drug-likeness (QED) is 0.799. The van der Waals surface area contributed by atoms with Gasteiger partial charge in [-0.05, 0) is 31.0 Å². The zero-order chi connectivity index (χ0) is 15.2. The Kier molecular flexibility index (Phi) is 5.79. The van der Waals surface area contributed by atoms with Crippen LogP contribution in [0.4, 0.5) is 0 Å². The van der Waals surface area contributed by atoms with Crippen LogP contribution in [0.2, 0.25) is 5.02 Å². The van der Waals surface area contributed by atoms with E-state index in [0.29, 0.717) is 6.61 Å². The normalized spacial score (nSPS) is 11.0. The van der Waals surface area contributed by atoms with Gasteiger partial charge in [-0.15, -0.1) is 0 Å². The summed E-state index contributed by atoms with van der Waals surface area (Å²) in [6.07, 6.45) is 1.91. The molecule has 0 atom stereocenters. The molecule has 4 nitrogen and oxygen atoms in total. The number of ether oxygens (including phenoxy) is 1. The Morgan fingerprint density at radius 3 is 2.86 bits per heavy atom. The van der Waals surface area contributed by atoms with E-state index in [4.69, 9.17) is 16.3 Å². The summed E-state index contributed by atoms with van der Waals surface area (Å²) in [6.45, 7) is 7.10. The summed E-state index contributed by atoms with van der Waals surface area (Å²) in [5, 5.41) is 4.15. The fourth-order valence-corrected chi connectivity index (χ4v) is 2.51. The van der Waals surface area contributed by atoms with Gasteiger partial charge in [0.1, 0.15) is 5.82 Å². The van der Waals surface area contributed by atoms with Crippen molar-refractivity contribution < 1.29 is 4.74 Å². The Balaban J connectivity index is 2.10. The van der Waals surface area contributed by atoms with Crippen LogP contribution >= 0.6 is 11.6 Å². The summed E-state index contributed by atoms with van der Waals surface area (Å²) in [5.41, 5.74) is 3.44. The third-order valence-corrected chi connectivity index (χ3v) is 3.82. The van der Waals surface area contributed by atoms with Crippen molar-refractivity contribution in [3.63, 3.8) is 0 Å². The molecule has 0 spiro atoms. The van der Waals surface area contributed by atoms with Gasteiger partial charge in [-0.1, -0.05) is 23.7 Å². The van der Waals surface area contributed by atoms with Crippen LogP contribution in [0.5, 0.6) is 0 Å². The summed E-state index contributed by atoms with van der Waals surface area (Å²) in [5.74, 6) is 0.996. The number of benzene rings is 1. The Labute approximate surface area is 131 Å². The minimum absolute atomic E-state index is 0.705. The molecule has 0 aliphatic rings. The van der Waals surface area contributed by atoms with Crippen molar-refractivity contribution in [1.82, 2.24) is 14.9 Å². The molecule has 0 fully saturated rings. The van der Waals surface area contributed by atoms with Crippen LogP contribution in [0.3, 0.4) is 0 Å². The summed E-state index contributed by atoms with van der Waals surface area (Å²) in [4.78, 5) is 4.41. The average Bonchev–Trinajstić information content (AvgIpc) is 2.79. The first-order valence-electron chi connectivity index (χ1n) is 7.07. The number of aryl methyl sites for hydroxylation is 2. The van der Waals surface area contributed by atoms with E-state index in [2.05, 4.69) is 27.0 Å². The molecule has 1 aromatic heterocycles. The molecule has 0 aliphatic carbocycles. The molecule has 0 saturated carbocycles. The molecule has 0 unspecified atom stereocenters. The molecule has 21 heavy (non-hydrogen) atoms. The van der Waals surface area contributed by atoms with E-state index in [9.17, 15) is 0 Å². The van der Waals surface area contributed by atoms with E-state index in [1.165, 1.54) is 5.56 Å². The molecular formula is C16H22ClN3O. The molecule has 2 aromatic rings. The van der Waals surface area contributed by atoms with Gasteiger partial charge in [-0.2, -0.15) is 0 Å².